The predicted molar refractivity (Wildman–Crippen MR) is 70.3 cm³/mol. The Labute approximate surface area is 101 Å². The van der Waals surface area contributed by atoms with E-state index in [2.05, 4.69) is 13.8 Å². The molecule has 5 heteroatoms. The third kappa shape index (κ3) is 2.67. The average Bonchev–Trinajstić information content (AvgIpc) is 2.29. The van der Waals surface area contributed by atoms with Gasteiger partial charge in [0.05, 0.1) is 4.92 Å². The van der Waals surface area contributed by atoms with Gasteiger partial charge in [0.1, 0.15) is 11.4 Å². The van der Waals surface area contributed by atoms with E-state index >= 15 is 0 Å². The highest BCUT2D eigenvalue weighted by atomic mass is 16.6. The van der Waals surface area contributed by atoms with E-state index in [0.29, 0.717) is 5.69 Å². The number of para-hydroxylation sites is 1. The number of rotatable bonds is 5. The first-order chi connectivity index (χ1) is 8.02. The van der Waals surface area contributed by atoms with Crippen molar-refractivity contribution < 1.29 is 4.92 Å². The van der Waals surface area contributed by atoms with Gasteiger partial charge in [0.25, 0.3) is 0 Å². The standard InChI is InChI=1S/C12H19N3O2/c1-4-9(3)14(5-2)11-8-6-7-10(13)12(11)15(16)17/h6-9H,4-5,13H2,1-3H3. The van der Waals surface area contributed by atoms with E-state index in [1.165, 1.54) is 0 Å². The van der Waals surface area contributed by atoms with Gasteiger partial charge in [-0.05, 0) is 32.4 Å². The van der Waals surface area contributed by atoms with Crippen molar-refractivity contribution in [1.29, 1.82) is 0 Å². The van der Waals surface area contributed by atoms with Crippen LogP contribution in [0.25, 0.3) is 0 Å². The van der Waals surface area contributed by atoms with Gasteiger partial charge in [0.15, 0.2) is 0 Å². The minimum absolute atomic E-state index is 0.00894. The Morgan fingerprint density at radius 3 is 2.59 bits per heavy atom. The Hall–Kier alpha value is -1.78. The smallest absolute Gasteiger partial charge is 0.315 e. The van der Waals surface area contributed by atoms with Crippen LogP contribution in [0.5, 0.6) is 0 Å². The summed E-state index contributed by atoms with van der Waals surface area (Å²) in [7, 11) is 0. The molecule has 0 aliphatic heterocycles. The van der Waals surface area contributed by atoms with Crippen LogP contribution >= 0.6 is 0 Å². The number of anilines is 2. The summed E-state index contributed by atoms with van der Waals surface area (Å²) in [6.45, 7) is 6.82. The molecule has 0 amide bonds. The van der Waals surface area contributed by atoms with Gasteiger partial charge in [-0.15, -0.1) is 0 Å². The molecule has 1 unspecified atom stereocenters. The topological polar surface area (TPSA) is 72.4 Å². The van der Waals surface area contributed by atoms with Gasteiger partial charge in [0, 0.05) is 12.6 Å². The van der Waals surface area contributed by atoms with Crippen molar-refractivity contribution in [3.63, 3.8) is 0 Å². The maximum absolute atomic E-state index is 11.1. The van der Waals surface area contributed by atoms with Crippen molar-refractivity contribution in [3.05, 3.63) is 28.3 Å². The predicted octanol–water partition coefficient (Wildman–Crippen LogP) is 2.80. The minimum Gasteiger partial charge on any atom is -0.393 e. The molecule has 0 saturated carbocycles. The summed E-state index contributed by atoms with van der Waals surface area (Å²) < 4.78 is 0. The average molecular weight is 237 g/mol. The van der Waals surface area contributed by atoms with Crippen molar-refractivity contribution >= 4 is 17.1 Å². The number of nitrogens with two attached hydrogens (primary N) is 1. The van der Waals surface area contributed by atoms with E-state index in [0.717, 1.165) is 13.0 Å². The maximum Gasteiger partial charge on any atom is 0.315 e. The lowest BCUT2D eigenvalue weighted by Crippen LogP contribution is -2.32. The molecular formula is C12H19N3O2. The highest BCUT2D eigenvalue weighted by molar-refractivity contribution is 5.75. The molecule has 0 fully saturated rings. The lowest BCUT2D eigenvalue weighted by molar-refractivity contribution is -0.383. The molecular weight excluding hydrogens is 218 g/mol. The van der Waals surface area contributed by atoms with Gasteiger partial charge >= 0.3 is 5.69 Å². The molecule has 1 atom stereocenters. The van der Waals surface area contributed by atoms with Crippen molar-refractivity contribution in [1.82, 2.24) is 0 Å². The van der Waals surface area contributed by atoms with E-state index in [4.69, 9.17) is 5.73 Å². The Bertz CT molecular complexity index is 407. The molecule has 0 spiro atoms. The molecule has 2 N–H and O–H groups in total. The lowest BCUT2D eigenvalue weighted by Gasteiger charge is -2.29. The van der Waals surface area contributed by atoms with Crippen molar-refractivity contribution in [2.45, 2.75) is 33.2 Å². The second kappa shape index (κ2) is 5.52. The zero-order chi connectivity index (χ0) is 13.0. The fraction of sp³-hybridized carbons (Fsp3) is 0.500. The van der Waals surface area contributed by atoms with E-state index in [1.54, 1.807) is 18.2 Å². The molecule has 0 radical (unpaired) electrons. The molecule has 0 bridgehead atoms. The molecule has 0 aliphatic rings. The number of hydrogen-bond acceptors (Lipinski definition) is 4. The quantitative estimate of drug-likeness (QED) is 0.485. The summed E-state index contributed by atoms with van der Waals surface area (Å²) in [6, 6.07) is 5.32. The van der Waals surface area contributed by atoms with Crippen LogP contribution in [0.15, 0.2) is 18.2 Å². The van der Waals surface area contributed by atoms with Crippen molar-refractivity contribution in [2.24, 2.45) is 0 Å². The summed E-state index contributed by atoms with van der Waals surface area (Å²) in [4.78, 5) is 12.7. The van der Waals surface area contributed by atoms with Gasteiger partial charge in [0.2, 0.25) is 0 Å². The first-order valence-electron chi connectivity index (χ1n) is 5.82. The molecule has 17 heavy (non-hydrogen) atoms. The second-order valence-electron chi connectivity index (χ2n) is 4.02. The van der Waals surface area contributed by atoms with Crippen molar-refractivity contribution in [2.75, 3.05) is 17.2 Å². The van der Waals surface area contributed by atoms with Crippen LogP contribution in [-0.4, -0.2) is 17.5 Å². The number of benzene rings is 1. The third-order valence-electron chi connectivity index (χ3n) is 3.00. The Morgan fingerprint density at radius 1 is 1.47 bits per heavy atom. The number of nitrogen functional groups attached to an aromatic ring is 1. The highest BCUT2D eigenvalue weighted by Gasteiger charge is 2.23. The van der Waals surface area contributed by atoms with Crippen LogP contribution in [0.4, 0.5) is 17.1 Å². The summed E-state index contributed by atoms with van der Waals surface area (Å²) in [5.41, 5.74) is 6.52. The first-order valence-corrected chi connectivity index (χ1v) is 5.82. The number of hydrogen-bond donors (Lipinski definition) is 1. The lowest BCUT2D eigenvalue weighted by atomic mass is 10.1. The van der Waals surface area contributed by atoms with Crippen LogP contribution in [0.3, 0.4) is 0 Å². The van der Waals surface area contributed by atoms with Gasteiger partial charge < -0.3 is 10.6 Å². The summed E-state index contributed by atoms with van der Waals surface area (Å²) in [5.74, 6) is 0. The van der Waals surface area contributed by atoms with E-state index in [1.807, 2.05) is 11.8 Å². The number of nitro benzene ring substituents is 1. The highest BCUT2D eigenvalue weighted by Crippen LogP contribution is 2.34. The maximum atomic E-state index is 11.1. The van der Waals surface area contributed by atoms with Crippen LogP contribution in [0, 0.1) is 10.1 Å². The van der Waals surface area contributed by atoms with Crippen molar-refractivity contribution in [3.8, 4) is 0 Å². The van der Waals surface area contributed by atoms with Crippen LogP contribution in [0.2, 0.25) is 0 Å². The van der Waals surface area contributed by atoms with Crippen LogP contribution < -0.4 is 10.6 Å². The molecule has 1 aromatic rings. The van der Waals surface area contributed by atoms with E-state index in [9.17, 15) is 10.1 Å². The molecule has 1 aromatic carbocycles. The molecule has 1 rings (SSSR count). The van der Waals surface area contributed by atoms with Gasteiger partial charge in [-0.2, -0.15) is 0 Å². The zero-order valence-electron chi connectivity index (χ0n) is 10.5. The molecule has 0 aliphatic carbocycles. The van der Waals surface area contributed by atoms with E-state index < -0.39 is 4.92 Å². The Kier molecular flexibility index (Phi) is 4.31. The second-order valence-corrected chi connectivity index (χ2v) is 4.02. The van der Waals surface area contributed by atoms with Crippen LogP contribution in [0.1, 0.15) is 27.2 Å². The van der Waals surface area contributed by atoms with Gasteiger partial charge in [-0.1, -0.05) is 13.0 Å². The Balaban J connectivity index is 3.28. The fourth-order valence-electron chi connectivity index (χ4n) is 1.92. The normalized spacial score (nSPS) is 12.2. The first kappa shape index (κ1) is 13.3. The summed E-state index contributed by atoms with van der Waals surface area (Å²) >= 11 is 0. The number of nitro groups is 1. The van der Waals surface area contributed by atoms with Gasteiger partial charge in [-0.25, -0.2) is 0 Å². The molecule has 5 nitrogen and oxygen atoms in total. The minimum atomic E-state index is -0.407. The summed E-state index contributed by atoms with van der Waals surface area (Å²) in [6.07, 6.45) is 0.930. The molecule has 0 heterocycles. The van der Waals surface area contributed by atoms with Gasteiger partial charge in [-0.3, -0.25) is 10.1 Å². The van der Waals surface area contributed by atoms with Crippen LogP contribution in [-0.2, 0) is 0 Å². The monoisotopic (exact) mass is 237 g/mol. The third-order valence-corrected chi connectivity index (χ3v) is 3.00. The summed E-state index contributed by atoms with van der Waals surface area (Å²) in [5, 5.41) is 11.1. The fourth-order valence-corrected chi connectivity index (χ4v) is 1.92. The molecule has 0 aromatic heterocycles. The zero-order valence-corrected chi connectivity index (χ0v) is 10.5. The van der Waals surface area contributed by atoms with E-state index in [-0.39, 0.29) is 17.4 Å². The Morgan fingerprint density at radius 2 is 2.12 bits per heavy atom. The largest absolute Gasteiger partial charge is 0.393 e. The molecule has 94 valence electrons. The number of nitrogens with zero attached hydrogens (tertiary/aromatic N) is 2. The SMILES string of the molecule is CCC(C)N(CC)c1cccc(N)c1[N+](=O)[O-]. The molecule has 0 saturated heterocycles.